The van der Waals surface area contributed by atoms with Gasteiger partial charge in [-0.25, -0.2) is 21.6 Å². The normalized spacial score (nSPS) is 15.2. The van der Waals surface area contributed by atoms with E-state index in [-0.39, 0.29) is 44.7 Å². The molecule has 9 nitrogen and oxygen atoms in total. The summed E-state index contributed by atoms with van der Waals surface area (Å²) in [5, 5.41) is 2.68. The van der Waals surface area contributed by atoms with Gasteiger partial charge in [-0.2, -0.15) is 4.31 Å². The van der Waals surface area contributed by atoms with Crippen molar-refractivity contribution in [3.05, 3.63) is 89.7 Å². The lowest BCUT2D eigenvalue weighted by Gasteiger charge is -2.34. The van der Waals surface area contributed by atoms with Gasteiger partial charge in [0.25, 0.3) is 0 Å². The lowest BCUT2D eigenvalue weighted by molar-refractivity contribution is -0.128. The Kier molecular flexibility index (Phi) is 9.86. The topological polar surface area (TPSA) is 99.3 Å². The zero-order valence-corrected chi connectivity index (χ0v) is 23.9. The number of nitrogens with one attached hydrogen (secondary N) is 1. The van der Waals surface area contributed by atoms with Crippen molar-refractivity contribution in [3.63, 3.8) is 0 Å². The molecule has 0 aliphatic carbocycles. The molecular weight excluding hydrogens is 573 g/mol. The predicted molar refractivity (Wildman–Crippen MR) is 150 cm³/mol. The maximum atomic E-state index is 14.1. The molecule has 3 aromatic rings. The van der Waals surface area contributed by atoms with Gasteiger partial charge in [0.2, 0.25) is 21.8 Å². The molecule has 1 aliphatic heterocycles. The summed E-state index contributed by atoms with van der Waals surface area (Å²) in [6, 6.07) is 13.5. The fraction of sp³-hybridized carbons (Fsp3) is 0.310. The van der Waals surface area contributed by atoms with Crippen molar-refractivity contribution in [1.82, 2.24) is 14.5 Å². The van der Waals surface area contributed by atoms with Crippen LogP contribution in [0.3, 0.4) is 0 Å². The first kappa shape index (κ1) is 31.0. The van der Waals surface area contributed by atoms with Crippen molar-refractivity contribution in [1.29, 1.82) is 0 Å². The minimum Gasteiger partial charge on any atom is -0.497 e. The number of carbonyl (C=O) groups excluding carboxylic acids is 2. The van der Waals surface area contributed by atoms with E-state index in [0.29, 0.717) is 17.5 Å². The molecule has 42 heavy (non-hydrogen) atoms. The highest BCUT2D eigenvalue weighted by Gasteiger charge is 2.32. The molecule has 1 heterocycles. The minimum atomic E-state index is -4.05. The fourth-order valence-electron chi connectivity index (χ4n) is 4.70. The molecule has 1 N–H and O–H groups in total. The molecule has 224 valence electrons. The van der Waals surface area contributed by atoms with Crippen LogP contribution in [0.5, 0.6) is 5.75 Å². The van der Waals surface area contributed by atoms with Gasteiger partial charge in [0, 0.05) is 51.4 Å². The number of likely N-dealkylation sites (N-methyl/N-ethyl adjacent to an activating group) is 1. The standard InChI is InChI=1S/C29H31F3N4O5S/c1-34(23-7-9-24(41-2)10-8-23)29(38)26(17-20-15-21(30)18-22(31)16-20)33-28(37)19-35-11-13-36(14-12-35)42(39,40)27-6-4-3-5-25(27)32/h3-10,15-16,18,26H,11-14,17,19H2,1-2H3,(H,33,37)/t26-/m0/s1. The van der Waals surface area contributed by atoms with Crippen LogP contribution in [0.2, 0.25) is 0 Å². The molecule has 4 rings (SSSR count). The number of piperazine rings is 1. The number of nitrogens with zero attached hydrogens (tertiary/aromatic N) is 3. The number of carbonyl (C=O) groups is 2. The molecule has 1 aliphatic rings. The Morgan fingerprint density at radius 3 is 2.17 bits per heavy atom. The van der Waals surface area contributed by atoms with E-state index in [1.165, 1.54) is 37.3 Å². The Bertz CT molecular complexity index is 1510. The SMILES string of the molecule is COc1ccc(N(C)C(=O)[C@H](Cc2cc(F)cc(F)c2)NC(=O)CN2CCN(S(=O)(=O)c3ccccc3F)CC2)cc1. The minimum absolute atomic E-state index is 0.0368. The summed E-state index contributed by atoms with van der Waals surface area (Å²) >= 11 is 0. The van der Waals surface area contributed by atoms with Gasteiger partial charge in [0.15, 0.2) is 0 Å². The molecule has 1 saturated heterocycles. The predicted octanol–water partition coefficient (Wildman–Crippen LogP) is 2.81. The molecule has 1 fully saturated rings. The Morgan fingerprint density at radius 1 is 0.952 bits per heavy atom. The quantitative estimate of drug-likeness (QED) is 0.382. The molecule has 0 radical (unpaired) electrons. The Hall–Kier alpha value is -3.94. The zero-order valence-electron chi connectivity index (χ0n) is 23.1. The van der Waals surface area contributed by atoms with Gasteiger partial charge in [0.05, 0.1) is 13.7 Å². The number of rotatable bonds is 10. The summed E-state index contributed by atoms with van der Waals surface area (Å²) in [6.07, 6.45) is -0.172. The molecule has 13 heteroatoms. The highest BCUT2D eigenvalue weighted by molar-refractivity contribution is 7.89. The number of halogens is 3. The molecule has 0 unspecified atom stereocenters. The first-order valence-electron chi connectivity index (χ1n) is 13.1. The first-order chi connectivity index (χ1) is 20.0. The van der Waals surface area contributed by atoms with Gasteiger partial charge in [-0.05, 0) is 54.1 Å². The number of benzene rings is 3. The van der Waals surface area contributed by atoms with Gasteiger partial charge >= 0.3 is 0 Å². The van der Waals surface area contributed by atoms with Crippen molar-refractivity contribution in [2.24, 2.45) is 0 Å². The van der Waals surface area contributed by atoms with Gasteiger partial charge in [-0.1, -0.05) is 12.1 Å². The Labute approximate surface area is 242 Å². The van der Waals surface area contributed by atoms with Crippen molar-refractivity contribution in [2.75, 3.05) is 51.8 Å². The summed E-state index contributed by atoms with van der Waals surface area (Å²) < 4.78 is 74.0. The lowest BCUT2D eigenvalue weighted by atomic mass is 10.0. The van der Waals surface area contributed by atoms with E-state index in [1.54, 1.807) is 29.2 Å². The number of methoxy groups -OCH3 is 1. The van der Waals surface area contributed by atoms with E-state index in [0.717, 1.165) is 22.5 Å². The third kappa shape index (κ3) is 7.46. The maximum absolute atomic E-state index is 14.1. The molecule has 0 saturated carbocycles. The highest BCUT2D eigenvalue weighted by atomic mass is 32.2. The van der Waals surface area contributed by atoms with E-state index in [1.807, 2.05) is 0 Å². The number of ether oxygens (including phenoxy) is 1. The van der Waals surface area contributed by atoms with E-state index in [9.17, 15) is 31.2 Å². The summed E-state index contributed by atoms with van der Waals surface area (Å²) in [5.41, 5.74) is 0.693. The van der Waals surface area contributed by atoms with Crippen molar-refractivity contribution in [3.8, 4) is 5.75 Å². The second-order valence-corrected chi connectivity index (χ2v) is 11.7. The van der Waals surface area contributed by atoms with Crippen LogP contribution in [0.1, 0.15) is 5.56 Å². The third-order valence-corrected chi connectivity index (χ3v) is 8.87. The average molecular weight is 605 g/mol. The average Bonchev–Trinajstić information content (AvgIpc) is 2.96. The monoisotopic (exact) mass is 604 g/mol. The van der Waals surface area contributed by atoms with E-state index < -0.39 is 50.2 Å². The highest BCUT2D eigenvalue weighted by Crippen LogP contribution is 2.22. The zero-order chi connectivity index (χ0) is 30.4. The maximum Gasteiger partial charge on any atom is 0.249 e. The number of hydrogen-bond donors (Lipinski definition) is 1. The van der Waals surface area contributed by atoms with Crippen LogP contribution in [0.25, 0.3) is 0 Å². The van der Waals surface area contributed by atoms with Gasteiger partial charge in [-0.3, -0.25) is 14.5 Å². The molecule has 0 bridgehead atoms. The third-order valence-electron chi connectivity index (χ3n) is 6.94. The summed E-state index contributed by atoms with van der Waals surface area (Å²) in [7, 11) is -1.02. The van der Waals surface area contributed by atoms with Crippen LogP contribution in [-0.4, -0.2) is 82.4 Å². The van der Waals surface area contributed by atoms with Crippen LogP contribution >= 0.6 is 0 Å². The van der Waals surface area contributed by atoms with Gasteiger partial charge < -0.3 is 15.0 Å². The summed E-state index contributed by atoms with van der Waals surface area (Å²) in [5.74, 6) is -2.92. The van der Waals surface area contributed by atoms with Crippen LogP contribution in [0, 0.1) is 17.5 Å². The number of amides is 2. The van der Waals surface area contributed by atoms with Crippen molar-refractivity contribution >= 4 is 27.5 Å². The van der Waals surface area contributed by atoms with Crippen molar-refractivity contribution < 1.29 is 35.9 Å². The van der Waals surface area contributed by atoms with E-state index in [2.05, 4.69) is 5.32 Å². The van der Waals surface area contributed by atoms with Gasteiger partial charge in [-0.15, -0.1) is 0 Å². The summed E-state index contributed by atoms with van der Waals surface area (Å²) in [6.45, 7) is 0.312. The van der Waals surface area contributed by atoms with Crippen LogP contribution in [0.15, 0.2) is 71.6 Å². The second-order valence-electron chi connectivity index (χ2n) is 9.81. The van der Waals surface area contributed by atoms with Crippen LogP contribution in [0.4, 0.5) is 18.9 Å². The Balaban J connectivity index is 1.43. The molecular formula is C29H31F3N4O5S. The number of hydrogen-bond acceptors (Lipinski definition) is 6. The van der Waals surface area contributed by atoms with Crippen molar-refractivity contribution in [2.45, 2.75) is 17.4 Å². The molecule has 1 atom stereocenters. The van der Waals surface area contributed by atoms with Gasteiger partial charge in [0.1, 0.15) is 34.1 Å². The molecule has 0 spiro atoms. The lowest BCUT2D eigenvalue weighted by Crippen LogP contribution is -2.54. The number of anilines is 1. The molecule has 0 aromatic heterocycles. The van der Waals surface area contributed by atoms with Crippen LogP contribution in [-0.2, 0) is 26.0 Å². The van der Waals surface area contributed by atoms with E-state index in [4.69, 9.17) is 4.74 Å². The largest absolute Gasteiger partial charge is 0.497 e. The Morgan fingerprint density at radius 2 is 1.57 bits per heavy atom. The smallest absolute Gasteiger partial charge is 0.249 e. The molecule has 2 amide bonds. The number of sulfonamides is 1. The molecule has 3 aromatic carbocycles. The van der Waals surface area contributed by atoms with Crippen LogP contribution < -0.4 is 15.0 Å². The van der Waals surface area contributed by atoms with E-state index >= 15 is 0 Å². The first-order valence-corrected chi connectivity index (χ1v) is 14.5. The summed E-state index contributed by atoms with van der Waals surface area (Å²) in [4.78, 5) is 29.2. The second kappa shape index (κ2) is 13.4. The fourth-order valence-corrected chi connectivity index (χ4v) is 6.18.